The zero-order chi connectivity index (χ0) is 19.3. The van der Waals surface area contributed by atoms with E-state index < -0.39 is 11.7 Å². The van der Waals surface area contributed by atoms with E-state index >= 15 is 0 Å². The lowest BCUT2D eigenvalue weighted by molar-refractivity contribution is -0.137. The number of halogens is 3. The van der Waals surface area contributed by atoms with Crippen LogP contribution in [-0.2, 0) is 17.4 Å². The number of carbonyl (C=O) groups is 1. The largest absolute Gasteiger partial charge is 0.416 e. The molecule has 1 N–H and O–H groups in total. The van der Waals surface area contributed by atoms with E-state index in [0.717, 1.165) is 49.9 Å². The Hall–Kier alpha value is -1.86. The molecule has 1 amide bonds. The van der Waals surface area contributed by atoms with Crippen LogP contribution in [0, 0.1) is 0 Å². The number of amides is 1. The van der Waals surface area contributed by atoms with Crippen LogP contribution in [0.2, 0.25) is 0 Å². The predicted molar refractivity (Wildman–Crippen MR) is 101 cm³/mol. The summed E-state index contributed by atoms with van der Waals surface area (Å²) in [4.78, 5) is 15.6. The van der Waals surface area contributed by atoms with Gasteiger partial charge in [-0.3, -0.25) is 9.69 Å². The van der Waals surface area contributed by atoms with Crippen molar-refractivity contribution < 1.29 is 18.0 Å². The van der Waals surface area contributed by atoms with Gasteiger partial charge in [0.25, 0.3) is 0 Å². The summed E-state index contributed by atoms with van der Waals surface area (Å²) in [5.41, 5.74) is 0.203. The van der Waals surface area contributed by atoms with Gasteiger partial charge in [-0.1, -0.05) is 24.6 Å². The highest BCUT2D eigenvalue weighted by molar-refractivity contribution is 7.09. The molecule has 1 aromatic heterocycles. The highest BCUT2D eigenvalue weighted by atomic mass is 32.1. The van der Waals surface area contributed by atoms with E-state index in [1.54, 1.807) is 23.5 Å². The van der Waals surface area contributed by atoms with Crippen LogP contribution in [0.4, 0.5) is 13.2 Å². The van der Waals surface area contributed by atoms with Gasteiger partial charge in [0.15, 0.2) is 0 Å². The summed E-state index contributed by atoms with van der Waals surface area (Å²) >= 11 is 1.67. The molecule has 0 bridgehead atoms. The first-order valence-corrected chi connectivity index (χ1v) is 10.0. The fourth-order valence-corrected chi connectivity index (χ4v) is 4.18. The van der Waals surface area contributed by atoms with Crippen molar-refractivity contribution in [1.29, 1.82) is 0 Å². The number of piperidine rings is 1. The van der Waals surface area contributed by atoms with Crippen LogP contribution < -0.4 is 5.32 Å². The first-order valence-electron chi connectivity index (χ1n) is 9.14. The van der Waals surface area contributed by atoms with Crippen molar-refractivity contribution in [2.75, 3.05) is 19.6 Å². The third-order valence-electron chi connectivity index (χ3n) is 4.86. The molecule has 1 saturated heterocycles. The summed E-state index contributed by atoms with van der Waals surface area (Å²) in [7, 11) is 0. The number of alkyl halides is 3. The van der Waals surface area contributed by atoms with E-state index in [1.807, 2.05) is 17.5 Å². The van der Waals surface area contributed by atoms with Crippen molar-refractivity contribution in [3.05, 3.63) is 57.8 Å². The highest BCUT2D eigenvalue weighted by Crippen LogP contribution is 2.34. The van der Waals surface area contributed by atoms with Gasteiger partial charge in [0, 0.05) is 17.5 Å². The number of rotatable bonds is 6. The molecule has 3 rings (SSSR count). The Labute approximate surface area is 161 Å². The lowest BCUT2D eigenvalue weighted by Crippen LogP contribution is -2.42. The lowest BCUT2D eigenvalue weighted by atomic mass is 9.94. The molecule has 1 aliphatic rings. The summed E-state index contributed by atoms with van der Waals surface area (Å²) in [5, 5.41) is 4.96. The van der Waals surface area contributed by atoms with Crippen LogP contribution in [0.3, 0.4) is 0 Å². The molecule has 0 saturated carbocycles. The first kappa shape index (κ1) is 19.9. The van der Waals surface area contributed by atoms with Gasteiger partial charge in [0.05, 0.1) is 12.1 Å². The summed E-state index contributed by atoms with van der Waals surface area (Å²) < 4.78 is 38.3. The molecule has 3 nitrogen and oxygen atoms in total. The summed E-state index contributed by atoms with van der Waals surface area (Å²) in [6.07, 6.45) is -0.644. The molecule has 1 aromatic carbocycles. The maximum atomic E-state index is 12.8. The molecule has 1 atom stereocenters. The van der Waals surface area contributed by atoms with Crippen LogP contribution in [0.15, 0.2) is 41.8 Å². The number of likely N-dealkylation sites (tertiary alicyclic amines) is 1. The minimum atomic E-state index is -4.33. The van der Waals surface area contributed by atoms with Gasteiger partial charge in [0.1, 0.15) is 0 Å². The molecule has 0 aliphatic carbocycles. The Kier molecular flexibility index (Phi) is 6.55. The maximum Gasteiger partial charge on any atom is 0.416 e. The molecule has 1 unspecified atom stereocenters. The van der Waals surface area contributed by atoms with Gasteiger partial charge in [-0.2, -0.15) is 13.2 Å². The first-order chi connectivity index (χ1) is 12.9. The number of nitrogens with one attached hydrogen (secondary N) is 1. The second-order valence-corrected chi connectivity index (χ2v) is 7.81. The number of nitrogens with zero attached hydrogens (tertiary/aromatic N) is 1. The SMILES string of the molecule is O=C(CN1CCCCC1c1ccc(C(F)(F)F)cc1)NCCc1cccs1. The maximum absolute atomic E-state index is 12.8. The molecule has 2 aromatic rings. The van der Waals surface area contributed by atoms with Gasteiger partial charge < -0.3 is 5.32 Å². The number of thiophene rings is 1. The fourth-order valence-electron chi connectivity index (χ4n) is 3.47. The Morgan fingerprint density at radius 1 is 1.19 bits per heavy atom. The number of hydrogen-bond donors (Lipinski definition) is 1. The Bertz CT molecular complexity index is 729. The molecule has 2 heterocycles. The van der Waals surface area contributed by atoms with Crippen LogP contribution in [0.5, 0.6) is 0 Å². The van der Waals surface area contributed by atoms with Crippen molar-refractivity contribution in [2.24, 2.45) is 0 Å². The number of hydrogen-bond acceptors (Lipinski definition) is 3. The molecular formula is C20H23F3N2OS. The minimum Gasteiger partial charge on any atom is -0.355 e. The zero-order valence-corrected chi connectivity index (χ0v) is 15.8. The average molecular weight is 396 g/mol. The molecule has 1 aliphatic heterocycles. The zero-order valence-electron chi connectivity index (χ0n) is 15.0. The van der Waals surface area contributed by atoms with Crippen molar-refractivity contribution in [1.82, 2.24) is 10.2 Å². The fraction of sp³-hybridized carbons (Fsp3) is 0.450. The number of benzene rings is 1. The minimum absolute atomic E-state index is 0.0101. The van der Waals surface area contributed by atoms with E-state index in [9.17, 15) is 18.0 Å². The third-order valence-corrected chi connectivity index (χ3v) is 5.79. The van der Waals surface area contributed by atoms with Crippen LogP contribution in [0.1, 0.15) is 41.3 Å². The smallest absolute Gasteiger partial charge is 0.355 e. The van der Waals surface area contributed by atoms with E-state index in [-0.39, 0.29) is 18.5 Å². The van der Waals surface area contributed by atoms with Crippen molar-refractivity contribution in [3.63, 3.8) is 0 Å². The molecule has 7 heteroatoms. The molecule has 0 spiro atoms. The van der Waals surface area contributed by atoms with Crippen LogP contribution >= 0.6 is 11.3 Å². The number of carbonyl (C=O) groups excluding carboxylic acids is 1. The molecular weight excluding hydrogens is 373 g/mol. The summed E-state index contributed by atoms with van der Waals surface area (Å²) in [6, 6.07) is 9.36. The van der Waals surface area contributed by atoms with E-state index in [0.29, 0.717) is 6.54 Å². The quantitative estimate of drug-likeness (QED) is 0.771. The normalized spacial score (nSPS) is 18.4. The van der Waals surface area contributed by atoms with Crippen molar-refractivity contribution in [3.8, 4) is 0 Å². The molecule has 27 heavy (non-hydrogen) atoms. The molecule has 146 valence electrons. The van der Waals surface area contributed by atoms with E-state index in [1.165, 1.54) is 4.88 Å². The van der Waals surface area contributed by atoms with Gasteiger partial charge in [0.2, 0.25) is 5.91 Å². The second kappa shape index (κ2) is 8.89. The second-order valence-electron chi connectivity index (χ2n) is 6.78. The highest BCUT2D eigenvalue weighted by Gasteiger charge is 2.31. The van der Waals surface area contributed by atoms with Crippen LogP contribution in [-0.4, -0.2) is 30.4 Å². The standard InChI is InChI=1S/C20H23F3N2OS/c21-20(22,23)16-8-6-15(7-9-16)18-5-1-2-12-25(18)14-19(26)24-11-10-17-4-3-13-27-17/h3-4,6-9,13,18H,1-2,5,10-12,14H2,(H,24,26). The topological polar surface area (TPSA) is 32.3 Å². The molecule has 0 radical (unpaired) electrons. The Morgan fingerprint density at radius 2 is 1.96 bits per heavy atom. The van der Waals surface area contributed by atoms with Gasteiger partial charge in [-0.15, -0.1) is 11.3 Å². The van der Waals surface area contributed by atoms with Crippen molar-refractivity contribution >= 4 is 17.2 Å². The Morgan fingerprint density at radius 3 is 2.63 bits per heavy atom. The Balaban J connectivity index is 1.57. The van der Waals surface area contributed by atoms with Crippen LogP contribution in [0.25, 0.3) is 0 Å². The van der Waals surface area contributed by atoms with E-state index in [2.05, 4.69) is 10.2 Å². The van der Waals surface area contributed by atoms with Gasteiger partial charge in [-0.05, 0) is 54.9 Å². The lowest BCUT2D eigenvalue weighted by Gasteiger charge is -2.35. The monoisotopic (exact) mass is 396 g/mol. The van der Waals surface area contributed by atoms with Crippen molar-refractivity contribution in [2.45, 2.75) is 37.9 Å². The van der Waals surface area contributed by atoms with Gasteiger partial charge in [-0.25, -0.2) is 0 Å². The van der Waals surface area contributed by atoms with Gasteiger partial charge >= 0.3 is 6.18 Å². The third kappa shape index (κ3) is 5.56. The summed E-state index contributed by atoms with van der Waals surface area (Å²) in [5.74, 6) is -0.0367. The molecule has 1 fully saturated rings. The summed E-state index contributed by atoms with van der Waals surface area (Å²) in [6.45, 7) is 1.65. The average Bonchev–Trinajstić information content (AvgIpc) is 3.15. The van der Waals surface area contributed by atoms with E-state index in [4.69, 9.17) is 0 Å². The predicted octanol–water partition coefficient (Wildman–Crippen LogP) is 4.65.